The second kappa shape index (κ2) is 8.48. The van der Waals surface area contributed by atoms with Gasteiger partial charge in [0.15, 0.2) is 0 Å². The maximum atomic E-state index is 13.6. The molecule has 0 aliphatic carbocycles. The van der Waals surface area contributed by atoms with E-state index in [2.05, 4.69) is 5.32 Å². The van der Waals surface area contributed by atoms with Gasteiger partial charge in [-0.3, -0.25) is 9.59 Å². The number of hydrogen-bond donors (Lipinski definition) is 1. The van der Waals surface area contributed by atoms with Gasteiger partial charge in [-0.1, -0.05) is 23.7 Å². The highest BCUT2D eigenvalue weighted by molar-refractivity contribution is 6.32. The maximum Gasteiger partial charge on any atom is 0.226 e. The minimum atomic E-state index is -0.513. The van der Waals surface area contributed by atoms with Gasteiger partial charge in [-0.25, -0.2) is 4.39 Å². The lowest BCUT2D eigenvalue weighted by atomic mass is 10.2. The van der Waals surface area contributed by atoms with Gasteiger partial charge >= 0.3 is 0 Å². The average molecular weight is 365 g/mol. The third-order valence-corrected chi connectivity index (χ3v) is 3.83. The molecule has 0 unspecified atom stereocenters. The molecule has 0 aromatic heterocycles. The Morgan fingerprint density at radius 2 is 1.96 bits per heavy atom. The molecule has 2 aromatic rings. The standard InChI is InChI=1S/C18H18ClFN2O3/c1-12(23)22(13-7-8-17(25-2)14(19)11-13)10-9-18(24)21-16-6-4-3-5-15(16)20/h3-8,11H,9-10H2,1-2H3,(H,21,24). The minimum absolute atomic E-state index is 0.0115. The number of methoxy groups -OCH3 is 1. The molecule has 0 radical (unpaired) electrons. The zero-order valence-electron chi connectivity index (χ0n) is 13.9. The van der Waals surface area contributed by atoms with E-state index in [4.69, 9.17) is 16.3 Å². The van der Waals surface area contributed by atoms with Crippen molar-refractivity contribution in [1.29, 1.82) is 0 Å². The largest absolute Gasteiger partial charge is 0.495 e. The molecule has 132 valence electrons. The average Bonchev–Trinajstić information content (AvgIpc) is 2.57. The molecule has 7 heteroatoms. The topological polar surface area (TPSA) is 58.6 Å². The first kappa shape index (κ1) is 18.7. The Bertz CT molecular complexity index is 783. The zero-order valence-corrected chi connectivity index (χ0v) is 14.6. The molecule has 2 amide bonds. The molecular formula is C18H18ClFN2O3. The fourth-order valence-corrected chi connectivity index (χ4v) is 2.53. The Labute approximate surface area is 150 Å². The molecule has 5 nitrogen and oxygen atoms in total. The van der Waals surface area contributed by atoms with Crippen molar-refractivity contribution in [2.75, 3.05) is 23.9 Å². The molecule has 0 bridgehead atoms. The Morgan fingerprint density at radius 3 is 2.56 bits per heavy atom. The van der Waals surface area contributed by atoms with Crippen LogP contribution >= 0.6 is 11.6 Å². The van der Waals surface area contributed by atoms with Crippen LogP contribution in [0, 0.1) is 5.82 Å². The fraction of sp³-hybridized carbons (Fsp3) is 0.222. The van der Waals surface area contributed by atoms with Crippen molar-refractivity contribution in [2.24, 2.45) is 0 Å². The third kappa shape index (κ3) is 4.93. The molecule has 2 aromatic carbocycles. The highest BCUT2D eigenvalue weighted by Gasteiger charge is 2.15. The molecule has 0 heterocycles. The van der Waals surface area contributed by atoms with E-state index in [0.29, 0.717) is 16.5 Å². The molecule has 0 saturated carbocycles. The number of amides is 2. The van der Waals surface area contributed by atoms with E-state index in [0.717, 1.165) is 0 Å². The quantitative estimate of drug-likeness (QED) is 0.846. The molecule has 2 rings (SSSR count). The first-order chi connectivity index (χ1) is 11.9. The van der Waals surface area contributed by atoms with Crippen LogP contribution in [0.1, 0.15) is 13.3 Å². The maximum absolute atomic E-state index is 13.6. The lowest BCUT2D eigenvalue weighted by Gasteiger charge is -2.21. The van der Waals surface area contributed by atoms with Crippen molar-refractivity contribution in [3.05, 3.63) is 53.3 Å². The summed E-state index contributed by atoms with van der Waals surface area (Å²) in [6, 6.07) is 10.8. The number of carbonyl (C=O) groups is 2. The summed E-state index contributed by atoms with van der Waals surface area (Å²) in [5.74, 6) is -0.650. The van der Waals surface area contributed by atoms with Crippen LogP contribution in [-0.4, -0.2) is 25.5 Å². The van der Waals surface area contributed by atoms with Crippen molar-refractivity contribution < 1.29 is 18.7 Å². The smallest absolute Gasteiger partial charge is 0.226 e. The molecule has 25 heavy (non-hydrogen) atoms. The van der Waals surface area contributed by atoms with E-state index in [1.54, 1.807) is 24.3 Å². The first-order valence-corrected chi connectivity index (χ1v) is 7.96. The second-order valence-corrected chi connectivity index (χ2v) is 5.67. The van der Waals surface area contributed by atoms with E-state index in [-0.39, 0.29) is 24.6 Å². The Kier molecular flexibility index (Phi) is 6.36. The van der Waals surface area contributed by atoms with Crippen molar-refractivity contribution in [2.45, 2.75) is 13.3 Å². The van der Waals surface area contributed by atoms with Crippen LogP contribution in [-0.2, 0) is 9.59 Å². The molecule has 0 saturated heterocycles. The molecular weight excluding hydrogens is 347 g/mol. The summed E-state index contributed by atoms with van der Waals surface area (Å²) in [5.41, 5.74) is 0.659. The molecule has 0 spiro atoms. The van der Waals surface area contributed by atoms with Crippen LogP contribution in [0.4, 0.5) is 15.8 Å². The number of halogens is 2. The summed E-state index contributed by atoms with van der Waals surface area (Å²) in [7, 11) is 1.50. The summed E-state index contributed by atoms with van der Waals surface area (Å²) < 4.78 is 18.6. The molecule has 0 atom stereocenters. The van der Waals surface area contributed by atoms with Gasteiger partial charge in [0.2, 0.25) is 11.8 Å². The highest BCUT2D eigenvalue weighted by atomic mass is 35.5. The van der Waals surface area contributed by atoms with Crippen LogP contribution in [0.5, 0.6) is 5.75 Å². The molecule has 0 aliphatic rings. The molecule has 0 fully saturated rings. The van der Waals surface area contributed by atoms with Gasteiger partial charge in [0, 0.05) is 25.6 Å². The Hall–Kier alpha value is -2.60. The summed E-state index contributed by atoms with van der Waals surface area (Å²) in [6.07, 6.45) is 0.0115. The van der Waals surface area contributed by atoms with E-state index >= 15 is 0 Å². The van der Waals surface area contributed by atoms with Crippen molar-refractivity contribution in [1.82, 2.24) is 0 Å². The third-order valence-electron chi connectivity index (χ3n) is 3.54. The van der Waals surface area contributed by atoms with Crippen LogP contribution in [0.2, 0.25) is 5.02 Å². The monoisotopic (exact) mass is 364 g/mol. The Morgan fingerprint density at radius 1 is 1.24 bits per heavy atom. The number of benzene rings is 2. The van der Waals surface area contributed by atoms with E-state index in [1.165, 1.54) is 37.1 Å². The second-order valence-electron chi connectivity index (χ2n) is 5.27. The van der Waals surface area contributed by atoms with Gasteiger partial charge < -0.3 is 15.0 Å². The van der Waals surface area contributed by atoms with Gasteiger partial charge in [-0.2, -0.15) is 0 Å². The van der Waals surface area contributed by atoms with Crippen molar-refractivity contribution in [3.63, 3.8) is 0 Å². The predicted molar refractivity (Wildman–Crippen MR) is 95.7 cm³/mol. The van der Waals surface area contributed by atoms with Gasteiger partial charge in [-0.05, 0) is 30.3 Å². The van der Waals surface area contributed by atoms with E-state index in [9.17, 15) is 14.0 Å². The Balaban J connectivity index is 2.05. The highest BCUT2D eigenvalue weighted by Crippen LogP contribution is 2.29. The summed E-state index contributed by atoms with van der Waals surface area (Å²) >= 11 is 6.08. The number of rotatable bonds is 6. The summed E-state index contributed by atoms with van der Waals surface area (Å²) in [5, 5.41) is 2.85. The number of carbonyl (C=O) groups excluding carboxylic acids is 2. The minimum Gasteiger partial charge on any atom is -0.495 e. The SMILES string of the molecule is COc1ccc(N(CCC(=O)Nc2ccccc2F)C(C)=O)cc1Cl. The lowest BCUT2D eigenvalue weighted by Crippen LogP contribution is -2.32. The van der Waals surface area contributed by atoms with Crippen LogP contribution in [0.15, 0.2) is 42.5 Å². The van der Waals surface area contributed by atoms with Gasteiger partial charge in [0.05, 0.1) is 17.8 Å². The summed E-state index contributed by atoms with van der Waals surface area (Å²) in [6.45, 7) is 1.53. The number of nitrogens with zero attached hydrogens (tertiary/aromatic N) is 1. The molecule has 0 aliphatic heterocycles. The van der Waals surface area contributed by atoms with Gasteiger partial charge in [-0.15, -0.1) is 0 Å². The first-order valence-electron chi connectivity index (χ1n) is 7.58. The number of ether oxygens (including phenoxy) is 1. The van der Waals surface area contributed by atoms with Crippen LogP contribution < -0.4 is 15.0 Å². The van der Waals surface area contributed by atoms with Crippen molar-refractivity contribution in [3.8, 4) is 5.75 Å². The molecule has 1 N–H and O–H groups in total. The van der Waals surface area contributed by atoms with E-state index in [1.807, 2.05) is 0 Å². The van der Waals surface area contributed by atoms with Gasteiger partial charge in [0.1, 0.15) is 11.6 Å². The van der Waals surface area contributed by atoms with Crippen LogP contribution in [0.25, 0.3) is 0 Å². The number of hydrogen-bond acceptors (Lipinski definition) is 3. The summed E-state index contributed by atoms with van der Waals surface area (Å²) in [4.78, 5) is 25.3. The predicted octanol–water partition coefficient (Wildman–Crippen LogP) is 3.87. The normalized spacial score (nSPS) is 10.2. The van der Waals surface area contributed by atoms with Crippen LogP contribution in [0.3, 0.4) is 0 Å². The zero-order chi connectivity index (χ0) is 18.4. The van der Waals surface area contributed by atoms with Gasteiger partial charge in [0.25, 0.3) is 0 Å². The van der Waals surface area contributed by atoms with Crippen molar-refractivity contribution >= 4 is 34.8 Å². The van der Waals surface area contributed by atoms with E-state index < -0.39 is 11.7 Å². The lowest BCUT2D eigenvalue weighted by molar-refractivity contribution is -0.117. The number of nitrogens with one attached hydrogen (secondary N) is 1. The number of para-hydroxylation sites is 1. The fourth-order valence-electron chi connectivity index (χ4n) is 2.28. The number of anilines is 2.